The molecule has 1 fully saturated rings. The van der Waals surface area contributed by atoms with Crippen LogP contribution in [0.2, 0.25) is 0 Å². The lowest BCUT2D eigenvalue weighted by atomic mass is 9.86. The number of amides is 5. The molecule has 3 aromatic rings. The van der Waals surface area contributed by atoms with Crippen molar-refractivity contribution < 1.29 is 29.0 Å². The van der Waals surface area contributed by atoms with Crippen LogP contribution in [-0.2, 0) is 39.3 Å². The van der Waals surface area contributed by atoms with E-state index in [0.29, 0.717) is 26.1 Å². The lowest BCUT2D eigenvalue weighted by Crippen LogP contribution is -2.60. The molecule has 0 spiro atoms. The molecule has 2 aromatic carbocycles. The molecule has 2 heterocycles. The Morgan fingerprint density at radius 3 is 2.16 bits per heavy atom. The van der Waals surface area contributed by atoms with Gasteiger partial charge >= 0.3 is 12.1 Å². The van der Waals surface area contributed by atoms with E-state index in [-0.39, 0.29) is 42.8 Å². The number of pyridine rings is 1. The number of urea groups is 1. The molecule has 1 saturated heterocycles. The maximum absolute atomic E-state index is 14.5. The van der Waals surface area contributed by atoms with Gasteiger partial charge < -0.3 is 30.3 Å². The van der Waals surface area contributed by atoms with E-state index in [0.717, 1.165) is 28.1 Å². The summed E-state index contributed by atoms with van der Waals surface area (Å²) in [5.74, 6) is -1.03. The fourth-order valence-electron chi connectivity index (χ4n) is 7.14. The van der Waals surface area contributed by atoms with Crippen LogP contribution in [0.1, 0.15) is 89.9 Å². The van der Waals surface area contributed by atoms with E-state index in [4.69, 9.17) is 4.74 Å². The number of carbonyl (C=O) groups is 4. The van der Waals surface area contributed by atoms with E-state index in [9.17, 15) is 24.3 Å². The molecule has 5 atom stereocenters. The molecule has 58 heavy (non-hydrogen) atoms. The number of ether oxygens (including phenoxy) is 1. The fourth-order valence-corrected chi connectivity index (χ4v) is 7.14. The SMILES string of the molecule is CC[C@H](C)[C@@H](C(=O)N[C@@H](Cc1ccccc1)[C@@H](O)CN(Cc1ccc(C(C)(C)C)cc1)NC(=O)[C@@H](NC(=O)OC)C(C)(C)C)N1CCN(Cc2cccc(C)n2)C1=O. The molecule has 0 unspecified atom stereocenters. The summed E-state index contributed by atoms with van der Waals surface area (Å²) >= 11 is 0. The highest BCUT2D eigenvalue weighted by atomic mass is 16.5. The van der Waals surface area contributed by atoms with Crippen molar-refractivity contribution in [2.75, 3.05) is 26.7 Å². The predicted octanol–water partition coefficient (Wildman–Crippen LogP) is 5.73. The van der Waals surface area contributed by atoms with Gasteiger partial charge in [0.05, 0.1) is 31.5 Å². The van der Waals surface area contributed by atoms with Crippen molar-refractivity contribution in [2.24, 2.45) is 11.3 Å². The number of nitrogens with one attached hydrogen (secondary N) is 3. The van der Waals surface area contributed by atoms with Gasteiger partial charge in [0.1, 0.15) is 12.1 Å². The monoisotopic (exact) mass is 799 g/mol. The first-order chi connectivity index (χ1) is 27.3. The molecule has 13 heteroatoms. The molecule has 0 bridgehead atoms. The van der Waals surface area contributed by atoms with E-state index in [1.54, 1.807) is 14.8 Å². The van der Waals surface area contributed by atoms with Gasteiger partial charge in [0.15, 0.2) is 0 Å². The predicted molar refractivity (Wildman–Crippen MR) is 225 cm³/mol. The van der Waals surface area contributed by atoms with Gasteiger partial charge in [0.25, 0.3) is 5.91 Å². The Balaban J connectivity index is 1.63. The van der Waals surface area contributed by atoms with Crippen LogP contribution in [0.25, 0.3) is 0 Å². The second kappa shape index (κ2) is 20.1. The quantitative estimate of drug-likeness (QED) is 0.126. The molecular weight excluding hydrogens is 735 g/mol. The molecular formula is C45H65N7O6. The minimum absolute atomic E-state index is 0.0612. The van der Waals surface area contributed by atoms with Gasteiger partial charge in [-0.3, -0.25) is 20.0 Å². The van der Waals surface area contributed by atoms with Crippen LogP contribution in [0.15, 0.2) is 72.8 Å². The number of hydrazine groups is 1. The van der Waals surface area contributed by atoms with Gasteiger partial charge in [-0.15, -0.1) is 0 Å². The van der Waals surface area contributed by atoms with Crippen LogP contribution in [-0.4, -0.2) is 99.8 Å². The highest BCUT2D eigenvalue weighted by Crippen LogP contribution is 2.25. The second-order valence-electron chi connectivity index (χ2n) is 17.6. The van der Waals surface area contributed by atoms with Gasteiger partial charge in [-0.25, -0.2) is 14.6 Å². The molecule has 4 rings (SSSR count). The number of alkyl carbamates (subject to hydrolysis) is 1. The smallest absolute Gasteiger partial charge is 0.407 e. The molecule has 0 radical (unpaired) electrons. The first-order valence-corrected chi connectivity index (χ1v) is 20.3. The van der Waals surface area contributed by atoms with Gasteiger partial charge in [-0.2, -0.15) is 0 Å². The number of aryl methyl sites for hydroxylation is 1. The van der Waals surface area contributed by atoms with Gasteiger partial charge in [-0.1, -0.05) is 122 Å². The van der Waals surface area contributed by atoms with Crippen molar-refractivity contribution >= 4 is 23.9 Å². The summed E-state index contributed by atoms with van der Waals surface area (Å²) in [5.41, 5.74) is 6.78. The summed E-state index contributed by atoms with van der Waals surface area (Å²) < 4.78 is 4.83. The zero-order valence-corrected chi connectivity index (χ0v) is 36.0. The zero-order valence-electron chi connectivity index (χ0n) is 36.0. The van der Waals surface area contributed by atoms with Crippen LogP contribution in [0.4, 0.5) is 9.59 Å². The molecule has 4 N–H and O–H groups in total. The summed E-state index contributed by atoms with van der Waals surface area (Å²) in [6.45, 7) is 19.1. The summed E-state index contributed by atoms with van der Waals surface area (Å²) in [6.07, 6.45) is -0.991. The topological polar surface area (TPSA) is 156 Å². The Hall–Kier alpha value is -5.01. The number of nitrogens with zero attached hydrogens (tertiary/aromatic N) is 4. The van der Waals surface area contributed by atoms with Crippen LogP contribution in [0.5, 0.6) is 0 Å². The van der Waals surface area contributed by atoms with Gasteiger partial charge in [-0.05, 0) is 58.9 Å². The Morgan fingerprint density at radius 2 is 1.57 bits per heavy atom. The minimum atomic E-state index is -1.18. The number of aromatic nitrogens is 1. The standard InChI is InChI=1S/C45H65N7O6/c1-11-30(2)38(52-25-24-50(43(52)57)28-35-19-15-16-31(3)46-35)40(54)47-36(26-32-17-13-12-14-18-32)37(53)29-51(27-33-20-22-34(23-21-33)44(4,5)6)49-41(55)39(45(7,8)9)48-42(56)58-10/h12-23,30,36-39,53H,11,24-29H2,1-10H3,(H,47,54)(H,48,56)(H,49,55)/t30-,36-,37-,38-,39+/m0/s1. The maximum Gasteiger partial charge on any atom is 0.407 e. The van der Waals surface area contributed by atoms with Crippen LogP contribution in [0, 0.1) is 18.3 Å². The highest BCUT2D eigenvalue weighted by molar-refractivity contribution is 5.88. The summed E-state index contributed by atoms with van der Waals surface area (Å²) in [6, 6.07) is 20.6. The average Bonchev–Trinajstić information content (AvgIpc) is 3.51. The first kappa shape index (κ1) is 45.7. The average molecular weight is 800 g/mol. The number of hydrogen-bond acceptors (Lipinski definition) is 8. The number of hydrogen-bond donors (Lipinski definition) is 4. The normalized spacial score (nSPS) is 16.0. The Labute approximate surface area is 344 Å². The zero-order chi connectivity index (χ0) is 42.8. The molecule has 13 nitrogen and oxygen atoms in total. The Morgan fingerprint density at radius 1 is 0.897 bits per heavy atom. The third-order valence-electron chi connectivity index (χ3n) is 10.7. The first-order valence-electron chi connectivity index (χ1n) is 20.3. The highest BCUT2D eigenvalue weighted by Gasteiger charge is 2.41. The van der Waals surface area contributed by atoms with Gasteiger partial charge in [0.2, 0.25) is 5.91 Å². The van der Waals surface area contributed by atoms with Crippen LogP contribution >= 0.6 is 0 Å². The number of methoxy groups -OCH3 is 1. The Bertz CT molecular complexity index is 1830. The lowest BCUT2D eigenvalue weighted by molar-refractivity contribution is -0.132. The van der Waals surface area contributed by atoms with E-state index < -0.39 is 41.6 Å². The van der Waals surface area contributed by atoms with E-state index >= 15 is 0 Å². The summed E-state index contributed by atoms with van der Waals surface area (Å²) in [7, 11) is 1.24. The summed E-state index contributed by atoms with van der Waals surface area (Å²) in [4.78, 5) is 62.6. The largest absolute Gasteiger partial charge is 0.453 e. The minimum Gasteiger partial charge on any atom is -0.453 e. The van der Waals surface area contributed by atoms with Crippen molar-refractivity contribution in [3.8, 4) is 0 Å². The molecule has 0 saturated carbocycles. The molecule has 316 valence electrons. The molecule has 0 aliphatic carbocycles. The number of rotatable bonds is 17. The second-order valence-corrected chi connectivity index (χ2v) is 17.6. The maximum atomic E-state index is 14.5. The molecule has 1 aliphatic rings. The van der Waals surface area contributed by atoms with Gasteiger partial charge in [0, 0.05) is 31.9 Å². The molecule has 5 amide bonds. The Kier molecular flexibility index (Phi) is 15.8. The summed E-state index contributed by atoms with van der Waals surface area (Å²) in [5, 5.41) is 19.6. The third kappa shape index (κ3) is 12.7. The number of carbonyl (C=O) groups excluding carboxylic acids is 4. The van der Waals surface area contributed by atoms with Crippen molar-refractivity contribution in [3.05, 3.63) is 101 Å². The van der Waals surface area contributed by atoms with E-state index in [2.05, 4.69) is 41.8 Å². The number of aliphatic hydroxyl groups is 1. The van der Waals surface area contributed by atoms with Crippen molar-refractivity contribution in [3.63, 3.8) is 0 Å². The third-order valence-corrected chi connectivity index (χ3v) is 10.7. The van der Waals surface area contributed by atoms with Crippen LogP contribution < -0.4 is 16.1 Å². The number of benzene rings is 2. The van der Waals surface area contributed by atoms with Crippen molar-refractivity contribution in [1.82, 2.24) is 35.9 Å². The van der Waals surface area contributed by atoms with Crippen LogP contribution in [0.3, 0.4) is 0 Å². The van der Waals surface area contributed by atoms with Crippen molar-refractivity contribution in [2.45, 2.75) is 118 Å². The number of aliphatic hydroxyl groups excluding tert-OH is 1. The van der Waals surface area contributed by atoms with E-state index in [1.807, 2.05) is 114 Å². The van der Waals surface area contributed by atoms with E-state index in [1.165, 1.54) is 7.11 Å². The molecule has 1 aromatic heterocycles. The fraction of sp³-hybridized carbons (Fsp3) is 0.533. The molecule has 1 aliphatic heterocycles. The van der Waals surface area contributed by atoms with Crippen molar-refractivity contribution in [1.29, 1.82) is 0 Å². The lowest BCUT2D eigenvalue weighted by Gasteiger charge is -2.36.